The molecule has 1 atom stereocenters. The summed E-state index contributed by atoms with van der Waals surface area (Å²) in [5, 5.41) is 12.1. The predicted molar refractivity (Wildman–Crippen MR) is 74.6 cm³/mol. The molecule has 0 aromatic carbocycles. The van der Waals surface area contributed by atoms with E-state index in [1.165, 1.54) is 0 Å². The van der Waals surface area contributed by atoms with Crippen LogP contribution >= 0.6 is 0 Å². The van der Waals surface area contributed by atoms with Gasteiger partial charge in [0.25, 0.3) is 0 Å². The molecule has 0 bridgehead atoms. The molecule has 0 saturated carbocycles. The monoisotopic (exact) mass is 279 g/mol. The molecule has 2 N–H and O–H groups in total. The zero-order valence-corrected chi connectivity index (χ0v) is 13.2. The molecule has 0 fully saturated rings. The molecule has 1 unspecified atom stereocenters. The van der Waals surface area contributed by atoms with Crippen molar-refractivity contribution in [2.24, 2.45) is 0 Å². The Kier molecular flexibility index (Phi) is 10.9. The number of hydrogen-bond donors (Lipinski definition) is 2. The molecule has 0 heterocycles. The molecule has 0 aliphatic heterocycles. The van der Waals surface area contributed by atoms with Crippen LogP contribution in [-0.2, 0) is 13.3 Å². The van der Waals surface area contributed by atoms with Gasteiger partial charge in [-0.15, -0.1) is 0 Å². The van der Waals surface area contributed by atoms with Gasteiger partial charge in [0.15, 0.2) is 0 Å². The molecular formula is C12H29NO4Si. The highest BCUT2D eigenvalue weighted by Crippen LogP contribution is 2.20. The summed E-state index contributed by atoms with van der Waals surface area (Å²) in [5.41, 5.74) is 0. The molecule has 0 aliphatic rings. The van der Waals surface area contributed by atoms with Crippen LogP contribution in [0, 0.1) is 0 Å². The number of nitrogens with one attached hydrogen (secondary N) is 1. The maximum absolute atomic E-state index is 8.95. The third kappa shape index (κ3) is 7.45. The fraction of sp³-hybridized carbons (Fsp3) is 1.00. The second-order valence-electron chi connectivity index (χ2n) is 4.20. The smallest absolute Gasteiger partial charge is 0.396 e. The molecule has 5 nitrogen and oxygen atoms in total. The van der Waals surface area contributed by atoms with E-state index < -0.39 is 8.80 Å². The molecular weight excluding hydrogens is 250 g/mol. The largest absolute Gasteiger partial charge is 0.501 e. The molecule has 6 heteroatoms. The molecule has 0 spiro atoms. The van der Waals surface area contributed by atoms with Crippen molar-refractivity contribution in [1.82, 2.24) is 5.32 Å². The molecule has 0 radical (unpaired) electrons. The molecule has 0 aromatic heterocycles. The van der Waals surface area contributed by atoms with Crippen molar-refractivity contribution in [2.45, 2.75) is 45.8 Å². The normalized spacial score (nSPS) is 13.8. The van der Waals surface area contributed by atoms with E-state index >= 15 is 0 Å². The lowest BCUT2D eigenvalue weighted by Gasteiger charge is -2.31. The van der Waals surface area contributed by atoms with Crippen molar-refractivity contribution in [3.05, 3.63) is 0 Å². The Hall–Kier alpha value is 0.0169. The van der Waals surface area contributed by atoms with Crippen LogP contribution in [0.25, 0.3) is 0 Å². The summed E-state index contributed by atoms with van der Waals surface area (Å²) in [4.78, 5) is 0. The summed E-state index contributed by atoms with van der Waals surface area (Å²) in [7, 11) is -0.654. The van der Waals surface area contributed by atoms with Crippen molar-refractivity contribution < 1.29 is 18.4 Å². The van der Waals surface area contributed by atoms with Gasteiger partial charge in [-0.3, -0.25) is 0 Å². The van der Waals surface area contributed by atoms with E-state index in [4.69, 9.17) is 18.4 Å². The molecule has 0 aliphatic carbocycles. The minimum Gasteiger partial charge on any atom is -0.396 e. The molecule has 0 amide bonds. The zero-order valence-electron chi connectivity index (χ0n) is 12.2. The second-order valence-corrected chi connectivity index (χ2v) is 6.88. The highest BCUT2D eigenvalue weighted by atomic mass is 28.4. The molecule has 0 aromatic rings. The van der Waals surface area contributed by atoms with Gasteiger partial charge in [-0.2, -0.15) is 0 Å². The first-order valence-corrected chi connectivity index (χ1v) is 8.78. The maximum atomic E-state index is 8.95. The minimum absolute atomic E-state index is 0.0330. The summed E-state index contributed by atoms with van der Waals surface area (Å²) in [6.07, 6.45) is 1.55. The summed E-state index contributed by atoms with van der Waals surface area (Å²) in [6.45, 7) is 8.11. The van der Waals surface area contributed by atoms with Gasteiger partial charge >= 0.3 is 8.80 Å². The Balaban J connectivity index is 4.50. The molecule has 0 rings (SSSR count). The number of aliphatic hydroxyl groups excluding tert-OH is 1. The van der Waals surface area contributed by atoms with Crippen molar-refractivity contribution in [2.75, 3.05) is 33.4 Å². The van der Waals surface area contributed by atoms with Crippen molar-refractivity contribution in [1.29, 1.82) is 0 Å². The first-order valence-electron chi connectivity index (χ1n) is 6.85. The van der Waals surface area contributed by atoms with E-state index in [0.29, 0.717) is 19.6 Å². The first-order chi connectivity index (χ1) is 8.64. The SMILES string of the molecule is CCO[Si](CCCNC)(OCC)OC(C)CCO. The topological polar surface area (TPSA) is 60.0 Å². The van der Waals surface area contributed by atoms with Crippen molar-refractivity contribution in [3.8, 4) is 0 Å². The van der Waals surface area contributed by atoms with Crippen LogP contribution in [0.3, 0.4) is 0 Å². The quantitative estimate of drug-likeness (QED) is 0.418. The zero-order chi connectivity index (χ0) is 13.9. The average Bonchev–Trinajstić information content (AvgIpc) is 2.30. The molecule has 110 valence electrons. The Labute approximate surface area is 112 Å². The van der Waals surface area contributed by atoms with Gasteiger partial charge in [0.05, 0.1) is 0 Å². The standard InChI is InChI=1S/C12H29NO4Si/c1-5-15-18(16-6-2,11-7-9-13-4)17-12(3)8-10-14/h12-14H,5-11H2,1-4H3. The van der Waals surface area contributed by atoms with Crippen LogP contribution in [0.15, 0.2) is 0 Å². The molecule has 18 heavy (non-hydrogen) atoms. The van der Waals surface area contributed by atoms with Crippen molar-refractivity contribution in [3.63, 3.8) is 0 Å². The highest BCUT2D eigenvalue weighted by Gasteiger charge is 2.41. The summed E-state index contributed by atoms with van der Waals surface area (Å²) in [6, 6.07) is 0.811. The predicted octanol–water partition coefficient (Wildman–Crippen LogP) is 1.40. The average molecular weight is 279 g/mol. The number of rotatable bonds is 12. The van der Waals surface area contributed by atoms with E-state index in [9.17, 15) is 0 Å². The van der Waals surface area contributed by atoms with Gasteiger partial charge in [-0.25, -0.2) is 0 Å². The van der Waals surface area contributed by atoms with Gasteiger partial charge < -0.3 is 23.7 Å². The van der Waals surface area contributed by atoms with E-state index in [1.54, 1.807) is 0 Å². The molecule has 0 saturated heterocycles. The van der Waals surface area contributed by atoms with Crippen molar-refractivity contribution >= 4 is 8.80 Å². The van der Waals surface area contributed by atoms with Gasteiger partial charge in [-0.05, 0) is 47.2 Å². The van der Waals surface area contributed by atoms with E-state index in [2.05, 4.69) is 5.32 Å². The van der Waals surface area contributed by atoms with Gasteiger partial charge in [0.2, 0.25) is 0 Å². The van der Waals surface area contributed by atoms with Crippen LogP contribution in [0.2, 0.25) is 6.04 Å². The Morgan fingerprint density at radius 3 is 2.28 bits per heavy atom. The van der Waals surface area contributed by atoms with Crippen LogP contribution in [0.4, 0.5) is 0 Å². The Bertz CT molecular complexity index is 189. The van der Waals surface area contributed by atoms with Gasteiger partial charge in [-0.1, -0.05) is 0 Å². The first kappa shape index (κ1) is 18.0. The summed E-state index contributed by atoms with van der Waals surface area (Å²) >= 11 is 0. The van der Waals surface area contributed by atoms with Gasteiger partial charge in [0.1, 0.15) is 0 Å². The fourth-order valence-electron chi connectivity index (χ4n) is 1.78. The van der Waals surface area contributed by atoms with Crippen LogP contribution < -0.4 is 5.32 Å². The lowest BCUT2D eigenvalue weighted by molar-refractivity contribution is 0.0297. The van der Waals surface area contributed by atoms with E-state index in [0.717, 1.165) is 19.0 Å². The Morgan fingerprint density at radius 1 is 1.22 bits per heavy atom. The third-order valence-corrected chi connectivity index (χ3v) is 5.74. The van der Waals surface area contributed by atoms with Gasteiger partial charge in [0, 0.05) is 32.0 Å². The van der Waals surface area contributed by atoms with Crippen LogP contribution in [-0.4, -0.2) is 53.4 Å². The van der Waals surface area contributed by atoms with E-state index in [-0.39, 0.29) is 12.7 Å². The highest BCUT2D eigenvalue weighted by molar-refractivity contribution is 6.60. The number of aliphatic hydroxyl groups is 1. The van der Waals surface area contributed by atoms with Crippen LogP contribution in [0.1, 0.15) is 33.6 Å². The third-order valence-electron chi connectivity index (χ3n) is 2.55. The second kappa shape index (κ2) is 10.9. The lowest BCUT2D eigenvalue weighted by atomic mass is 10.3. The fourth-order valence-corrected chi connectivity index (χ4v) is 4.63. The Morgan fingerprint density at radius 2 is 1.83 bits per heavy atom. The summed E-state index contributed by atoms with van der Waals surface area (Å²) < 4.78 is 17.6. The maximum Gasteiger partial charge on any atom is 0.501 e. The minimum atomic E-state index is -2.58. The number of hydrogen-bond acceptors (Lipinski definition) is 5. The lowest BCUT2D eigenvalue weighted by Crippen LogP contribution is -2.48. The van der Waals surface area contributed by atoms with E-state index in [1.807, 2.05) is 27.8 Å². The van der Waals surface area contributed by atoms with Crippen LogP contribution in [0.5, 0.6) is 0 Å². The summed E-state index contributed by atoms with van der Waals surface area (Å²) in [5.74, 6) is 0.